The Labute approximate surface area is 137 Å². The Balaban J connectivity index is 1.78. The Morgan fingerprint density at radius 2 is 1.43 bits per heavy atom. The zero-order valence-electron chi connectivity index (χ0n) is 13.0. The van der Waals surface area contributed by atoms with Gasteiger partial charge in [-0.1, -0.05) is 0 Å². The highest BCUT2D eigenvalue weighted by Gasteiger charge is 2.30. The molecule has 1 heterocycles. The zero-order chi connectivity index (χ0) is 16.7. The number of likely N-dealkylation sites (N-methyl/N-ethyl adjacent to an activating group) is 1. The average Bonchev–Trinajstić information content (AvgIpc) is 3.31. The quantitative estimate of drug-likeness (QED) is 0.804. The molecule has 1 aliphatic heterocycles. The van der Waals surface area contributed by atoms with E-state index in [-0.39, 0.29) is 15.8 Å². The summed E-state index contributed by atoms with van der Waals surface area (Å²) in [6.07, 6.45) is 1.71. The third kappa shape index (κ3) is 3.74. The molecule has 2 fully saturated rings. The molecule has 0 spiro atoms. The second-order valence-corrected chi connectivity index (χ2v) is 9.73. The lowest BCUT2D eigenvalue weighted by atomic mass is 10.4. The second kappa shape index (κ2) is 6.14. The fraction of sp³-hybridized carbons (Fsp3) is 0.571. The van der Waals surface area contributed by atoms with E-state index in [2.05, 4.69) is 9.62 Å². The largest absolute Gasteiger partial charge is 0.304 e. The number of benzene rings is 1. The number of sulfonamides is 2. The van der Waals surface area contributed by atoms with E-state index in [1.807, 2.05) is 7.05 Å². The summed E-state index contributed by atoms with van der Waals surface area (Å²) in [6.45, 7) is 2.28. The smallest absolute Gasteiger partial charge is 0.243 e. The van der Waals surface area contributed by atoms with Crippen LogP contribution in [0.5, 0.6) is 0 Å². The molecule has 0 unspecified atom stereocenters. The molecule has 128 valence electrons. The lowest BCUT2D eigenvalue weighted by Crippen LogP contribution is -2.47. The summed E-state index contributed by atoms with van der Waals surface area (Å²) in [5.41, 5.74) is 0. The minimum Gasteiger partial charge on any atom is -0.304 e. The normalized spacial score (nSPS) is 21.4. The van der Waals surface area contributed by atoms with Gasteiger partial charge in [-0.2, -0.15) is 4.31 Å². The summed E-state index contributed by atoms with van der Waals surface area (Å²) in [5.74, 6) is 0. The Morgan fingerprint density at radius 1 is 0.913 bits per heavy atom. The second-order valence-electron chi connectivity index (χ2n) is 6.07. The summed E-state index contributed by atoms with van der Waals surface area (Å²) >= 11 is 0. The van der Waals surface area contributed by atoms with E-state index >= 15 is 0 Å². The maximum Gasteiger partial charge on any atom is 0.243 e. The standard InChI is InChI=1S/C14H21N3O4S2/c1-16-8-10-17(11-9-16)23(20,21)14-6-4-13(5-7-14)22(18,19)15-12-2-3-12/h4-7,12,15H,2-3,8-11H2,1H3. The predicted octanol–water partition coefficient (Wildman–Crippen LogP) is 0.0634. The molecule has 0 bridgehead atoms. The van der Waals surface area contributed by atoms with E-state index in [1.165, 1.54) is 28.6 Å². The highest BCUT2D eigenvalue weighted by molar-refractivity contribution is 7.89. The van der Waals surface area contributed by atoms with Gasteiger partial charge >= 0.3 is 0 Å². The summed E-state index contributed by atoms with van der Waals surface area (Å²) < 4.78 is 53.4. The highest BCUT2D eigenvalue weighted by Crippen LogP contribution is 2.23. The van der Waals surface area contributed by atoms with Crippen molar-refractivity contribution in [3.05, 3.63) is 24.3 Å². The van der Waals surface area contributed by atoms with Crippen LogP contribution in [0.4, 0.5) is 0 Å². The number of rotatable bonds is 5. The maximum atomic E-state index is 12.6. The molecular weight excluding hydrogens is 338 g/mol. The van der Waals surface area contributed by atoms with Crippen molar-refractivity contribution in [1.29, 1.82) is 0 Å². The van der Waals surface area contributed by atoms with Crippen molar-refractivity contribution in [1.82, 2.24) is 13.9 Å². The molecule has 7 nitrogen and oxygen atoms in total. The van der Waals surface area contributed by atoms with Gasteiger partial charge in [0.1, 0.15) is 0 Å². The van der Waals surface area contributed by atoms with E-state index in [1.54, 1.807) is 0 Å². The van der Waals surface area contributed by atoms with E-state index in [4.69, 9.17) is 0 Å². The first-order valence-electron chi connectivity index (χ1n) is 7.60. The van der Waals surface area contributed by atoms with Crippen LogP contribution in [0.25, 0.3) is 0 Å². The summed E-state index contributed by atoms with van der Waals surface area (Å²) in [6, 6.07) is 5.47. The molecule has 1 aliphatic carbocycles. The van der Waals surface area contributed by atoms with Gasteiger partial charge in [0, 0.05) is 32.2 Å². The first kappa shape index (κ1) is 16.8. The van der Waals surface area contributed by atoms with E-state index in [9.17, 15) is 16.8 Å². The third-order valence-corrected chi connectivity index (χ3v) is 7.58. The Kier molecular flexibility index (Phi) is 4.49. The summed E-state index contributed by atoms with van der Waals surface area (Å²) in [5, 5.41) is 0. The van der Waals surface area contributed by atoms with Crippen molar-refractivity contribution < 1.29 is 16.8 Å². The Hall–Kier alpha value is -1.00. The van der Waals surface area contributed by atoms with Crippen molar-refractivity contribution in [2.45, 2.75) is 28.7 Å². The van der Waals surface area contributed by atoms with Crippen LogP contribution in [-0.4, -0.2) is 65.3 Å². The molecule has 1 aromatic rings. The van der Waals surface area contributed by atoms with Crippen LogP contribution in [-0.2, 0) is 20.0 Å². The molecular formula is C14H21N3O4S2. The van der Waals surface area contributed by atoms with Gasteiger partial charge in [-0.25, -0.2) is 21.6 Å². The number of hydrogen-bond donors (Lipinski definition) is 1. The maximum absolute atomic E-state index is 12.6. The lowest BCUT2D eigenvalue weighted by molar-refractivity contribution is 0.222. The van der Waals surface area contributed by atoms with Gasteiger partial charge in [0.25, 0.3) is 0 Å². The van der Waals surface area contributed by atoms with Crippen LogP contribution in [0.1, 0.15) is 12.8 Å². The molecule has 0 aromatic heterocycles. The first-order chi connectivity index (χ1) is 10.8. The highest BCUT2D eigenvalue weighted by atomic mass is 32.2. The fourth-order valence-electron chi connectivity index (χ4n) is 2.46. The number of nitrogens with one attached hydrogen (secondary N) is 1. The first-order valence-corrected chi connectivity index (χ1v) is 10.5. The number of hydrogen-bond acceptors (Lipinski definition) is 5. The molecule has 1 saturated heterocycles. The van der Waals surface area contributed by atoms with Crippen molar-refractivity contribution >= 4 is 20.0 Å². The van der Waals surface area contributed by atoms with Crippen LogP contribution >= 0.6 is 0 Å². The molecule has 2 aliphatic rings. The van der Waals surface area contributed by atoms with Gasteiger partial charge in [-0.15, -0.1) is 0 Å². The SMILES string of the molecule is CN1CCN(S(=O)(=O)c2ccc(S(=O)(=O)NC3CC3)cc2)CC1. The van der Waals surface area contributed by atoms with Gasteiger partial charge in [-0.05, 0) is 44.2 Å². The Bertz CT molecular complexity index is 763. The van der Waals surface area contributed by atoms with Crippen LogP contribution in [0.2, 0.25) is 0 Å². The van der Waals surface area contributed by atoms with E-state index in [0.29, 0.717) is 26.2 Å². The molecule has 3 rings (SSSR count). The van der Waals surface area contributed by atoms with Gasteiger partial charge < -0.3 is 4.90 Å². The van der Waals surface area contributed by atoms with Gasteiger partial charge in [-0.3, -0.25) is 0 Å². The van der Waals surface area contributed by atoms with Crippen molar-refractivity contribution in [2.75, 3.05) is 33.2 Å². The minimum absolute atomic E-state index is 0.0220. The molecule has 0 amide bonds. The van der Waals surface area contributed by atoms with Crippen LogP contribution in [0.3, 0.4) is 0 Å². The monoisotopic (exact) mass is 359 g/mol. The lowest BCUT2D eigenvalue weighted by Gasteiger charge is -2.31. The third-order valence-electron chi connectivity index (χ3n) is 4.13. The van der Waals surface area contributed by atoms with Crippen molar-refractivity contribution in [3.63, 3.8) is 0 Å². The summed E-state index contributed by atoms with van der Waals surface area (Å²) in [4.78, 5) is 2.31. The molecule has 1 N–H and O–H groups in total. The van der Waals surface area contributed by atoms with Crippen molar-refractivity contribution in [2.24, 2.45) is 0 Å². The fourth-order valence-corrected chi connectivity index (χ4v) is 5.18. The molecule has 1 saturated carbocycles. The van der Waals surface area contributed by atoms with Gasteiger partial charge in [0.05, 0.1) is 9.79 Å². The number of piperazine rings is 1. The molecule has 1 aromatic carbocycles. The molecule has 0 atom stereocenters. The number of nitrogens with zero attached hydrogens (tertiary/aromatic N) is 2. The minimum atomic E-state index is -3.57. The van der Waals surface area contributed by atoms with Crippen LogP contribution in [0.15, 0.2) is 34.1 Å². The Morgan fingerprint density at radius 3 is 1.96 bits per heavy atom. The summed E-state index contributed by atoms with van der Waals surface area (Å²) in [7, 11) is -5.17. The average molecular weight is 359 g/mol. The van der Waals surface area contributed by atoms with Gasteiger partial charge in [0.15, 0.2) is 0 Å². The predicted molar refractivity (Wildman–Crippen MR) is 86.0 cm³/mol. The topological polar surface area (TPSA) is 86.8 Å². The molecule has 23 heavy (non-hydrogen) atoms. The van der Waals surface area contributed by atoms with Crippen molar-refractivity contribution in [3.8, 4) is 0 Å². The van der Waals surface area contributed by atoms with E-state index < -0.39 is 20.0 Å². The van der Waals surface area contributed by atoms with Crippen LogP contribution < -0.4 is 4.72 Å². The van der Waals surface area contributed by atoms with Crippen LogP contribution in [0, 0.1) is 0 Å². The molecule has 0 radical (unpaired) electrons. The van der Waals surface area contributed by atoms with E-state index in [0.717, 1.165) is 12.8 Å². The molecule has 9 heteroatoms. The zero-order valence-corrected chi connectivity index (χ0v) is 14.6. The van der Waals surface area contributed by atoms with Gasteiger partial charge in [0.2, 0.25) is 20.0 Å².